The third-order valence-corrected chi connectivity index (χ3v) is 4.50. The van der Waals surface area contributed by atoms with Crippen LogP contribution in [0.25, 0.3) is 0 Å². The van der Waals surface area contributed by atoms with E-state index in [-0.39, 0.29) is 17.7 Å². The number of hydrogen-bond donors (Lipinski definition) is 1. The van der Waals surface area contributed by atoms with Crippen LogP contribution in [0.4, 0.5) is 8.78 Å². The molecule has 2 nitrogen and oxygen atoms in total. The fourth-order valence-electron chi connectivity index (χ4n) is 3.19. The van der Waals surface area contributed by atoms with Gasteiger partial charge in [-0.05, 0) is 70.8 Å². The van der Waals surface area contributed by atoms with Crippen LogP contribution in [-0.2, 0) is 0 Å². The summed E-state index contributed by atoms with van der Waals surface area (Å²) in [4.78, 5) is 2.29. The first-order chi connectivity index (χ1) is 9.99. The standard InChI is InChI=1S/C17H26F2N2/c1-12(2)21(11-14-6-8-20-9-7-14)13(3)16-10-15(18)4-5-17(16)19/h4-5,10,12-14,20H,6-9,11H2,1-3H3. The summed E-state index contributed by atoms with van der Waals surface area (Å²) >= 11 is 0. The first kappa shape index (κ1) is 16.4. The molecule has 1 atom stereocenters. The summed E-state index contributed by atoms with van der Waals surface area (Å²) in [7, 11) is 0. The molecule has 0 aliphatic carbocycles. The summed E-state index contributed by atoms with van der Waals surface area (Å²) in [6.07, 6.45) is 2.31. The number of rotatable bonds is 5. The zero-order chi connectivity index (χ0) is 15.4. The molecule has 0 radical (unpaired) electrons. The molecule has 1 aliphatic rings. The number of halogens is 2. The second-order valence-electron chi connectivity index (χ2n) is 6.33. The second-order valence-corrected chi connectivity index (χ2v) is 6.33. The molecule has 0 aromatic heterocycles. The molecule has 0 bridgehead atoms. The van der Waals surface area contributed by atoms with Crippen LogP contribution in [0.5, 0.6) is 0 Å². The molecule has 1 aromatic rings. The van der Waals surface area contributed by atoms with Crippen LogP contribution >= 0.6 is 0 Å². The van der Waals surface area contributed by atoms with Gasteiger partial charge in [-0.2, -0.15) is 0 Å². The molecule has 0 spiro atoms. The molecule has 1 N–H and O–H groups in total. The van der Waals surface area contributed by atoms with Crippen LogP contribution in [0.2, 0.25) is 0 Å². The van der Waals surface area contributed by atoms with Gasteiger partial charge in [0.05, 0.1) is 0 Å². The van der Waals surface area contributed by atoms with Crippen molar-refractivity contribution >= 4 is 0 Å². The summed E-state index contributed by atoms with van der Waals surface area (Å²) in [5.74, 6) is -0.0589. The van der Waals surface area contributed by atoms with Gasteiger partial charge in [-0.1, -0.05) is 0 Å². The highest BCUT2D eigenvalue weighted by molar-refractivity contribution is 5.22. The van der Waals surface area contributed by atoms with Gasteiger partial charge >= 0.3 is 0 Å². The summed E-state index contributed by atoms with van der Waals surface area (Å²) in [6, 6.07) is 3.92. The van der Waals surface area contributed by atoms with Crippen molar-refractivity contribution in [2.24, 2.45) is 5.92 Å². The van der Waals surface area contributed by atoms with Crippen molar-refractivity contribution in [3.8, 4) is 0 Å². The summed E-state index contributed by atoms with van der Waals surface area (Å²) in [5, 5.41) is 3.37. The van der Waals surface area contributed by atoms with Crippen LogP contribution in [0.15, 0.2) is 18.2 Å². The number of benzene rings is 1. The van der Waals surface area contributed by atoms with E-state index in [9.17, 15) is 8.78 Å². The molecular formula is C17H26F2N2. The molecule has 1 aliphatic heterocycles. The monoisotopic (exact) mass is 296 g/mol. The maximum atomic E-state index is 14.0. The third kappa shape index (κ3) is 4.24. The molecule has 1 aromatic carbocycles. The Kier molecular flexibility index (Phi) is 5.71. The van der Waals surface area contributed by atoms with E-state index >= 15 is 0 Å². The quantitative estimate of drug-likeness (QED) is 0.890. The Balaban J connectivity index is 2.14. The van der Waals surface area contributed by atoms with Gasteiger partial charge in [-0.25, -0.2) is 8.78 Å². The van der Waals surface area contributed by atoms with E-state index in [0.717, 1.165) is 32.5 Å². The minimum atomic E-state index is -0.371. The van der Waals surface area contributed by atoms with Crippen molar-refractivity contribution in [3.63, 3.8) is 0 Å². The summed E-state index contributed by atoms with van der Waals surface area (Å²) in [6.45, 7) is 9.26. The van der Waals surface area contributed by atoms with E-state index in [4.69, 9.17) is 0 Å². The largest absolute Gasteiger partial charge is 0.317 e. The third-order valence-electron chi connectivity index (χ3n) is 4.50. The number of nitrogens with zero attached hydrogens (tertiary/aromatic N) is 1. The van der Waals surface area contributed by atoms with Crippen LogP contribution < -0.4 is 5.32 Å². The Hall–Kier alpha value is -1.00. The lowest BCUT2D eigenvalue weighted by atomic mass is 9.95. The molecule has 1 heterocycles. The molecule has 21 heavy (non-hydrogen) atoms. The van der Waals surface area contributed by atoms with Gasteiger partial charge in [0, 0.05) is 24.2 Å². The molecule has 118 valence electrons. The van der Waals surface area contributed by atoms with Crippen molar-refractivity contribution in [1.29, 1.82) is 0 Å². The predicted octanol–water partition coefficient (Wildman–Crippen LogP) is 3.74. The molecule has 0 amide bonds. The average molecular weight is 296 g/mol. The van der Waals surface area contributed by atoms with E-state index in [1.54, 1.807) is 0 Å². The first-order valence-electron chi connectivity index (χ1n) is 7.90. The minimum Gasteiger partial charge on any atom is -0.317 e. The average Bonchev–Trinajstić information content (AvgIpc) is 2.47. The van der Waals surface area contributed by atoms with Crippen molar-refractivity contribution in [2.45, 2.75) is 45.7 Å². The Labute approximate surface area is 126 Å². The molecule has 2 rings (SSSR count). The summed E-state index contributed by atoms with van der Waals surface area (Å²) < 4.78 is 27.5. The number of nitrogens with one attached hydrogen (secondary N) is 1. The second kappa shape index (κ2) is 7.32. The van der Waals surface area contributed by atoms with E-state index in [2.05, 4.69) is 24.1 Å². The topological polar surface area (TPSA) is 15.3 Å². The van der Waals surface area contributed by atoms with E-state index < -0.39 is 0 Å². The highest BCUT2D eigenvalue weighted by atomic mass is 19.1. The van der Waals surface area contributed by atoms with E-state index in [0.29, 0.717) is 17.5 Å². The lowest BCUT2D eigenvalue weighted by Gasteiger charge is -2.37. The van der Waals surface area contributed by atoms with Gasteiger partial charge in [0.1, 0.15) is 11.6 Å². The van der Waals surface area contributed by atoms with Crippen molar-refractivity contribution in [1.82, 2.24) is 10.2 Å². The van der Waals surface area contributed by atoms with Gasteiger partial charge in [-0.15, -0.1) is 0 Å². The van der Waals surface area contributed by atoms with Crippen LogP contribution in [0, 0.1) is 17.6 Å². The Morgan fingerprint density at radius 1 is 1.19 bits per heavy atom. The Bertz CT molecular complexity index is 456. The highest BCUT2D eigenvalue weighted by Gasteiger charge is 2.25. The fourth-order valence-corrected chi connectivity index (χ4v) is 3.19. The lowest BCUT2D eigenvalue weighted by molar-refractivity contribution is 0.122. The molecule has 1 saturated heterocycles. The number of piperidine rings is 1. The van der Waals surface area contributed by atoms with Gasteiger partial charge in [-0.3, -0.25) is 4.90 Å². The molecular weight excluding hydrogens is 270 g/mol. The normalized spacial score (nSPS) is 18.4. The Morgan fingerprint density at radius 3 is 2.48 bits per heavy atom. The SMILES string of the molecule is CC(C)N(CC1CCNCC1)C(C)c1cc(F)ccc1F. The van der Waals surface area contributed by atoms with Crippen LogP contribution in [0.3, 0.4) is 0 Å². The molecule has 1 fully saturated rings. The smallest absolute Gasteiger partial charge is 0.128 e. The zero-order valence-electron chi connectivity index (χ0n) is 13.2. The van der Waals surface area contributed by atoms with Crippen molar-refractivity contribution in [3.05, 3.63) is 35.4 Å². The van der Waals surface area contributed by atoms with Crippen molar-refractivity contribution in [2.75, 3.05) is 19.6 Å². The van der Waals surface area contributed by atoms with Crippen LogP contribution in [0.1, 0.15) is 45.2 Å². The van der Waals surface area contributed by atoms with Gasteiger partial charge in [0.2, 0.25) is 0 Å². The van der Waals surface area contributed by atoms with Gasteiger partial charge in [0.25, 0.3) is 0 Å². The summed E-state index contributed by atoms with van der Waals surface area (Å²) in [5.41, 5.74) is 0.456. The van der Waals surface area contributed by atoms with Gasteiger partial charge in [0.15, 0.2) is 0 Å². The molecule has 0 saturated carbocycles. The first-order valence-corrected chi connectivity index (χ1v) is 7.90. The molecule has 4 heteroatoms. The number of hydrogen-bond acceptors (Lipinski definition) is 2. The zero-order valence-corrected chi connectivity index (χ0v) is 13.2. The van der Waals surface area contributed by atoms with Crippen molar-refractivity contribution < 1.29 is 8.78 Å². The minimum absolute atomic E-state index is 0.115. The highest BCUT2D eigenvalue weighted by Crippen LogP contribution is 2.28. The molecule has 1 unspecified atom stereocenters. The lowest BCUT2D eigenvalue weighted by Crippen LogP contribution is -2.41. The maximum Gasteiger partial charge on any atom is 0.128 e. The fraction of sp³-hybridized carbons (Fsp3) is 0.647. The van der Waals surface area contributed by atoms with Gasteiger partial charge < -0.3 is 5.32 Å². The Morgan fingerprint density at radius 2 is 1.86 bits per heavy atom. The predicted molar refractivity (Wildman–Crippen MR) is 82.2 cm³/mol. The van der Waals surface area contributed by atoms with E-state index in [1.165, 1.54) is 18.2 Å². The van der Waals surface area contributed by atoms with Crippen LogP contribution in [-0.4, -0.2) is 30.6 Å². The maximum absolute atomic E-state index is 14.0. The van der Waals surface area contributed by atoms with E-state index in [1.807, 2.05) is 6.92 Å².